The van der Waals surface area contributed by atoms with Gasteiger partial charge in [0.25, 0.3) is 0 Å². The zero-order valence-electron chi connectivity index (χ0n) is 8.82. The minimum absolute atomic E-state index is 0.602. The third-order valence-electron chi connectivity index (χ3n) is 3.26. The molecule has 0 spiro atoms. The predicted octanol–water partition coefficient (Wildman–Crippen LogP) is 2.09. The van der Waals surface area contributed by atoms with E-state index in [4.69, 9.17) is 5.73 Å². The Kier molecular flexibility index (Phi) is 2.87. The molecule has 2 atom stereocenters. The highest BCUT2D eigenvalue weighted by atomic mass is 15.1. The molecule has 0 saturated heterocycles. The molecule has 1 aliphatic rings. The van der Waals surface area contributed by atoms with Gasteiger partial charge in [0, 0.05) is 18.8 Å². The lowest BCUT2D eigenvalue weighted by Gasteiger charge is -2.28. The minimum atomic E-state index is 0.602. The number of aromatic nitrogens is 2. The molecule has 0 aliphatic heterocycles. The van der Waals surface area contributed by atoms with E-state index in [-0.39, 0.29) is 0 Å². The van der Waals surface area contributed by atoms with Gasteiger partial charge in [0.1, 0.15) is 0 Å². The topological polar surface area (TPSA) is 43.8 Å². The Morgan fingerprint density at radius 2 is 2.43 bits per heavy atom. The third-order valence-corrected chi connectivity index (χ3v) is 3.26. The molecule has 1 heterocycles. The van der Waals surface area contributed by atoms with Crippen LogP contribution in [0.15, 0.2) is 12.5 Å². The average molecular weight is 193 g/mol. The van der Waals surface area contributed by atoms with Gasteiger partial charge in [-0.3, -0.25) is 0 Å². The molecule has 1 fully saturated rings. The van der Waals surface area contributed by atoms with Crippen molar-refractivity contribution in [3.63, 3.8) is 0 Å². The molecule has 2 rings (SSSR count). The molecule has 14 heavy (non-hydrogen) atoms. The van der Waals surface area contributed by atoms with E-state index in [9.17, 15) is 0 Å². The van der Waals surface area contributed by atoms with Crippen molar-refractivity contribution in [2.24, 2.45) is 11.7 Å². The molecule has 1 aromatic heterocycles. The highest BCUT2D eigenvalue weighted by Crippen LogP contribution is 2.32. The van der Waals surface area contributed by atoms with E-state index < -0.39 is 0 Å². The lowest BCUT2D eigenvalue weighted by atomic mass is 9.87. The van der Waals surface area contributed by atoms with Crippen LogP contribution in [0.3, 0.4) is 0 Å². The molecule has 1 aliphatic carbocycles. The Morgan fingerprint density at radius 1 is 1.57 bits per heavy atom. The Bertz CT molecular complexity index is 292. The van der Waals surface area contributed by atoms with Crippen molar-refractivity contribution in [1.82, 2.24) is 9.55 Å². The number of rotatable bonds is 2. The summed E-state index contributed by atoms with van der Waals surface area (Å²) in [5, 5.41) is 0. The largest absolute Gasteiger partial charge is 0.330 e. The van der Waals surface area contributed by atoms with E-state index >= 15 is 0 Å². The summed E-state index contributed by atoms with van der Waals surface area (Å²) in [7, 11) is 0. The lowest BCUT2D eigenvalue weighted by Crippen LogP contribution is -2.19. The minimum Gasteiger partial charge on any atom is -0.330 e. The predicted molar refractivity (Wildman–Crippen MR) is 56.8 cm³/mol. The molecule has 3 heteroatoms. The number of hydrogen-bond donors (Lipinski definition) is 1. The lowest BCUT2D eigenvalue weighted by molar-refractivity contribution is 0.278. The fourth-order valence-corrected chi connectivity index (χ4v) is 2.47. The summed E-state index contributed by atoms with van der Waals surface area (Å²) in [6.45, 7) is 2.94. The highest BCUT2D eigenvalue weighted by Gasteiger charge is 2.21. The summed E-state index contributed by atoms with van der Waals surface area (Å²) < 4.78 is 2.27. The van der Waals surface area contributed by atoms with Gasteiger partial charge in [-0.2, -0.15) is 0 Å². The van der Waals surface area contributed by atoms with Gasteiger partial charge in [0.2, 0.25) is 0 Å². The van der Waals surface area contributed by atoms with Crippen molar-refractivity contribution >= 4 is 0 Å². The fraction of sp³-hybridized carbons (Fsp3) is 0.727. The number of nitrogens with two attached hydrogens (primary N) is 1. The molecule has 3 nitrogen and oxygen atoms in total. The zero-order valence-corrected chi connectivity index (χ0v) is 8.82. The average Bonchev–Trinajstić information content (AvgIpc) is 2.65. The van der Waals surface area contributed by atoms with Crippen LogP contribution < -0.4 is 5.73 Å². The van der Waals surface area contributed by atoms with Crippen LogP contribution in [-0.4, -0.2) is 9.55 Å². The Balaban J connectivity index is 2.13. The summed E-state index contributed by atoms with van der Waals surface area (Å²) in [6, 6.07) is 0.639. The van der Waals surface area contributed by atoms with Crippen molar-refractivity contribution in [3.8, 4) is 0 Å². The fourth-order valence-electron chi connectivity index (χ4n) is 2.47. The van der Waals surface area contributed by atoms with Gasteiger partial charge in [-0.05, 0) is 18.8 Å². The van der Waals surface area contributed by atoms with Gasteiger partial charge in [-0.1, -0.05) is 19.8 Å². The highest BCUT2D eigenvalue weighted by molar-refractivity contribution is 5.00. The smallest absolute Gasteiger partial charge is 0.0951 e. The van der Waals surface area contributed by atoms with Crippen LogP contribution in [0.2, 0.25) is 0 Å². The van der Waals surface area contributed by atoms with Crippen LogP contribution in [0.5, 0.6) is 0 Å². The van der Waals surface area contributed by atoms with Crippen molar-refractivity contribution in [1.29, 1.82) is 0 Å². The van der Waals surface area contributed by atoms with Crippen molar-refractivity contribution in [2.45, 2.75) is 45.2 Å². The van der Waals surface area contributed by atoms with Crippen LogP contribution in [-0.2, 0) is 6.54 Å². The van der Waals surface area contributed by atoms with E-state index in [1.807, 2.05) is 12.5 Å². The molecule has 0 aromatic carbocycles. The van der Waals surface area contributed by atoms with E-state index in [1.165, 1.54) is 31.4 Å². The first-order chi connectivity index (χ1) is 6.81. The maximum absolute atomic E-state index is 5.68. The number of nitrogens with zero attached hydrogens (tertiary/aromatic N) is 2. The van der Waals surface area contributed by atoms with E-state index in [0.717, 1.165) is 5.92 Å². The number of hydrogen-bond acceptors (Lipinski definition) is 2. The molecule has 2 unspecified atom stereocenters. The first-order valence-corrected chi connectivity index (χ1v) is 5.52. The van der Waals surface area contributed by atoms with Crippen LogP contribution in [0, 0.1) is 5.92 Å². The van der Waals surface area contributed by atoms with E-state index in [2.05, 4.69) is 16.5 Å². The molecule has 78 valence electrons. The second-order valence-electron chi connectivity index (χ2n) is 4.42. The van der Waals surface area contributed by atoms with Crippen molar-refractivity contribution in [3.05, 3.63) is 18.2 Å². The maximum atomic E-state index is 5.68. The zero-order chi connectivity index (χ0) is 9.97. The quantitative estimate of drug-likeness (QED) is 0.781. The van der Waals surface area contributed by atoms with Crippen molar-refractivity contribution in [2.75, 3.05) is 0 Å². The second kappa shape index (κ2) is 4.13. The standard InChI is InChI=1S/C11H19N3/c1-9-3-2-4-10(5-9)14-8-13-7-11(14)6-12/h7-10H,2-6,12H2,1H3. The van der Waals surface area contributed by atoms with Crippen LogP contribution in [0.25, 0.3) is 0 Å². The van der Waals surface area contributed by atoms with Gasteiger partial charge >= 0.3 is 0 Å². The summed E-state index contributed by atoms with van der Waals surface area (Å²) in [5.74, 6) is 0.849. The van der Waals surface area contributed by atoms with Crippen LogP contribution >= 0.6 is 0 Å². The molecular formula is C11H19N3. The summed E-state index contributed by atoms with van der Waals surface area (Å²) in [4.78, 5) is 4.18. The number of imidazole rings is 1. The first-order valence-electron chi connectivity index (χ1n) is 5.52. The molecular weight excluding hydrogens is 174 g/mol. The molecule has 0 amide bonds. The molecule has 2 N–H and O–H groups in total. The molecule has 0 radical (unpaired) electrons. The van der Waals surface area contributed by atoms with Gasteiger partial charge in [-0.15, -0.1) is 0 Å². The third kappa shape index (κ3) is 1.82. The van der Waals surface area contributed by atoms with E-state index in [0.29, 0.717) is 12.6 Å². The van der Waals surface area contributed by atoms with E-state index in [1.54, 1.807) is 0 Å². The summed E-state index contributed by atoms with van der Waals surface area (Å²) in [6.07, 6.45) is 9.11. The van der Waals surface area contributed by atoms with Crippen molar-refractivity contribution < 1.29 is 0 Å². The molecule has 0 bridgehead atoms. The first kappa shape index (κ1) is 9.71. The van der Waals surface area contributed by atoms with Gasteiger partial charge in [0.05, 0.1) is 12.0 Å². The molecule has 1 aromatic rings. The van der Waals surface area contributed by atoms with Gasteiger partial charge < -0.3 is 10.3 Å². The Hall–Kier alpha value is -0.830. The van der Waals surface area contributed by atoms with Gasteiger partial charge in [0.15, 0.2) is 0 Å². The summed E-state index contributed by atoms with van der Waals surface area (Å²) >= 11 is 0. The SMILES string of the molecule is CC1CCCC(n2cncc2CN)C1. The second-order valence-corrected chi connectivity index (χ2v) is 4.42. The van der Waals surface area contributed by atoms with Crippen LogP contribution in [0.4, 0.5) is 0 Å². The summed E-state index contributed by atoms with van der Waals surface area (Å²) in [5.41, 5.74) is 6.85. The Labute approximate surface area is 85.3 Å². The molecule has 1 saturated carbocycles. The van der Waals surface area contributed by atoms with Crippen LogP contribution in [0.1, 0.15) is 44.3 Å². The Morgan fingerprint density at radius 3 is 3.14 bits per heavy atom. The van der Waals surface area contributed by atoms with Gasteiger partial charge in [-0.25, -0.2) is 4.98 Å². The normalized spacial score (nSPS) is 27.9. The maximum Gasteiger partial charge on any atom is 0.0951 e. The monoisotopic (exact) mass is 193 g/mol.